The van der Waals surface area contributed by atoms with E-state index in [0.29, 0.717) is 0 Å². The van der Waals surface area contributed by atoms with Crippen LogP contribution in [0.5, 0.6) is 0 Å². The van der Waals surface area contributed by atoms with Gasteiger partial charge >= 0.3 is 0 Å². The fourth-order valence-corrected chi connectivity index (χ4v) is 2.51. The maximum absolute atomic E-state index is 3.58. The zero-order valence-electron chi connectivity index (χ0n) is 10.6. The second-order valence-corrected chi connectivity index (χ2v) is 5.30. The quantitative estimate of drug-likeness (QED) is 0.693. The van der Waals surface area contributed by atoms with Gasteiger partial charge in [-0.1, -0.05) is 45.7 Å². The third kappa shape index (κ3) is 4.09. The molecule has 0 atom stereocenters. The van der Waals surface area contributed by atoms with E-state index in [1.165, 1.54) is 23.4 Å². The van der Waals surface area contributed by atoms with Crippen LogP contribution in [0.4, 0.5) is 5.69 Å². The Hall–Kier alpha value is -0.630. The largest absolute Gasteiger partial charge is 0.384 e. The predicted molar refractivity (Wildman–Crippen MR) is 75.4 cm³/mol. The molecular weight excluding hydrogens is 214 g/mol. The first kappa shape index (κ1) is 13.4. The molecule has 16 heavy (non-hydrogen) atoms. The molecule has 0 aliphatic heterocycles. The molecule has 0 unspecified atom stereocenters. The lowest BCUT2D eigenvalue weighted by Crippen LogP contribution is -2.13. The minimum absolute atomic E-state index is 0.791. The van der Waals surface area contributed by atoms with Crippen molar-refractivity contribution >= 4 is 17.4 Å². The van der Waals surface area contributed by atoms with E-state index < -0.39 is 0 Å². The SMILES string of the molecule is CCSc1ccccc1NCC(CC)CC. The Morgan fingerprint density at radius 3 is 2.44 bits per heavy atom. The van der Waals surface area contributed by atoms with Gasteiger partial charge in [0.05, 0.1) is 0 Å². The van der Waals surface area contributed by atoms with Gasteiger partial charge in [-0.05, 0) is 23.8 Å². The molecule has 1 rings (SSSR count). The molecular formula is C14H23NS. The van der Waals surface area contributed by atoms with Crippen LogP contribution in [0.25, 0.3) is 0 Å². The Labute approximate surface area is 104 Å². The molecule has 0 amide bonds. The van der Waals surface area contributed by atoms with Gasteiger partial charge in [-0.3, -0.25) is 0 Å². The van der Waals surface area contributed by atoms with Crippen LogP contribution < -0.4 is 5.32 Å². The number of anilines is 1. The van der Waals surface area contributed by atoms with Crippen LogP contribution in [0.15, 0.2) is 29.2 Å². The molecule has 0 bridgehead atoms. The summed E-state index contributed by atoms with van der Waals surface area (Å²) in [5.41, 5.74) is 1.29. The summed E-state index contributed by atoms with van der Waals surface area (Å²) in [6, 6.07) is 8.60. The molecule has 0 aliphatic rings. The van der Waals surface area contributed by atoms with E-state index in [0.717, 1.165) is 18.2 Å². The van der Waals surface area contributed by atoms with E-state index in [1.54, 1.807) is 0 Å². The summed E-state index contributed by atoms with van der Waals surface area (Å²) in [5.74, 6) is 1.92. The average Bonchev–Trinajstić information content (AvgIpc) is 2.33. The highest BCUT2D eigenvalue weighted by Crippen LogP contribution is 2.27. The molecule has 1 aromatic rings. The van der Waals surface area contributed by atoms with Crippen molar-refractivity contribution in [1.82, 2.24) is 0 Å². The van der Waals surface area contributed by atoms with Crippen LogP contribution in [0.3, 0.4) is 0 Å². The lowest BCUT2D eigenvalue weighted by atomic mass is 10.0. The Morgan fingerprint density at radius 2 is 1.81 bits per heavy atom. The van der Waals surface area contributed by atoms with Gasteiger partial charge in [0.25, 0.3) is 0 Å². The van der Waals surface area contributed by atoms with Crippen molar-refractivity contribution in [2.45, 2.75) is 38.5 Å². The number of para-hydroxylation sites is 1. The van der Waals surface area contributed by atoms with Gasteiger partial charge in [-0.25, -0.2) is 0 Å². The highest BCUT2D eigenvalue weighted by molar-refractivity contribution is 7.99. The van der Waals surface area contributed by atoms with Gasteiger partial charge in [0.15, 0.2) is 0 Å². The van der Waals surface area contributed by atoms with Gasteiger partial charge in [-0.15, -0.1) is 11.8 Å². The Bertz CT molecular complexity index is 295. The molecule has 1 N–H and O–H groups in total. The van der Waals surface area contributed by atoms with Crippen LogP contribution in [-0.4, -0.2) is 12.3 Å². The number of hydrogen-bond donors (Lipinski definition) is 1. The average molecular weight is 237 g/mol. The molecule has 90 valence electrons. The van der Waals surface area contributed by atoms with E-state index in [1.807, 2.05) is 11.8 Å². The summed E-state index contributed by atoms with van der Waals surface area (Å²) >= 11 is 1.91. The maximum atomic E-state index is 3.58. The summed E-state index contributed by atoms with van der Waals surface area (Å²) in [7, 11) is 0. The molecule has 0 radical (unpaired) electrons. The van der Waals surface area contributed by atoms with Crippen molar-refractivity contribution in [3.63, 3.8) is 0 Å². The second kappa shape index (κ2) is 7.61. The summed E-state index contributed by atoms with van der Waals surface area (Å²) < 4.78 is 0. The van der Waals surface area contributed by atoms with E-state index in [2.05, 4.69) is 50.4 Å². The molecule has 0 aliphatic carbocycles. The minimum atomic E-state index is 0.791. The van der Waals surface area contributed by atoms with E-state index in [-0.39, 0.29) is 0 Å². The molecule has 1 aromatic carbocycles. The number of thioether (sulfide) groups is 1. The minimum Gasteiger partial charge on any atom is -0.384 e. The molecule has 0 saturated heterocycles. The van der Waals surface area contributed by atoms with Crippen LogP contribution in [0.1, 0.15) is 33.6 Å². The fourth-order valence-electron chi connectivity index (χ4n) is 1.73. The molecule has 0 spiro atoms. The van der Waals surface area contributed by atoms with E-state index in [9.17, 15) is 0 Å². The highest BCUT2D eigenvalue weighted by atomic mass is 32.2. The van der Waals surface area contributed by atoms with Gasteiger partial charge in [0.2, 0.25) is 0 Å². The fraction of sp³-hybridized carbons (Fsp3) is 0.571. The third-order valence-corrected chi connectivity index (χ3v) is 3.88. The van der Waals surface area contributed by atoms with Crippen molar-refractivity contribution in [3.05, 3.63) is 24.3 Å². The van der Waals surface area contributed by atoms with Crippen LogP contribution >= 0.6 is 11.8 Å². The zero-order chi connectivity index (χ0) is 11.8. The second-order valence-electron chi connectivity index (χ2n) is 3.99. The normalized spacial score (nSPS) is 10.8. The molecule has 0 aromatic heterocycles. The number of benzene rings is 1. The standard InChI is InChI=1S/C14H23NS/c1-4-12(5-2)11-15-13-9-7-8-10-14(13)16-6-3/h7-10,12,15H,4-6,11H2,1-3H3. The van der Waals surface area contributed by atoms with Gasteiger partial charge in [0, 0.05) is 17.1 Å². The van der Waals surface area contributed by atoms with Crippen LogP contribution in [0.2, 0.25) is 0 Å². The lowest BCUT2D eigenvalue weighted by Gasteiger charge is -2.16. The first-order valence-corrected chi connectivity index (χ1v) is 7.26. The molecule has 0 saturated carbocycles. The Balaban J connectivity index is 2.58. The molecule has 1 nitrogen and oxygen atoms in total. The molecule has 2 heteroatoms. The molecule has 0 fully saturated rings. The maximum Gasteiger partial charge on any atom is 0.0478 e. The summed E-state index contributed by atoms with van der Waals surface area (Å²) in [5, 5.41) is 3.58. The van der Waals surface area contributed by atoms with Crippen molar-refractivity contribution in [1.29, 1.82) is 0 Å². The number of hydrogen-bond acceptors (Lipinski definition) is 2. The van der Waals surface area contributed by atoms with Gasteiger partial charge in [0.1, 0.15) is 0 Å². The topological polar surface area (TPSA) is 12.0 Å². The smallest absolute Gasteiger partial charge is 0.0478 e. The first-order valence-electron chi connectivity index (χ1n) is 6.27. The first-order chi connectivity index (χ1) is 7.81. The number of nitrogens with one attached hydrogen (secondary N) is 1. The van der Waals surface area contributed by atoms with Gasteiger partial charge in [-0.2, -0.15) is 0 Å². The van der Waals surface area contributed by atoms with Crippen molar-refractivity contribution in [2.75, 3.05) is 17.6 Å². The van der Waals surface area contributed by atoms with E-state index in [4.69, 9.17) is 0 Å². The van der Waals surface area contributed by atoms with Gasteiger partial charge < -0.3 is 5.32 Å². The monoisotopic (exact) mass is 237 g/mol. The van der Waals surface area contributed by atoms with Crippen LogP contribution in [0, 0.1) is 5.92 Å². The lowest BCUT2D eigenvalue weighted by molar-refractivity contribution is 0.519. The van der Waals surface area contributed by atoms with Crippen molar-refractivity contribution < 1.29 is 0 Å². The third-order valence-electron chi connectivity index (χ3n) is 2.92. The molecule has 0 heterocycles. The summed E-state index contributed by atoms with van der Waals surface area (Å²) in [4.78, 5) is 1.37. The van der Waals surface area contributed by atoms with Crippen molar-refractivity contribution in [3.8, 4) is 0 Å². The van der Waals surface area contributed by atoms with Crippen molar-refractivity contribution in [2.24, 2.45) is 5.92 Å². The van der Waals surface area contributed by atoms with Crippen LogP contribution in [-0.2, 0) is 0 Å². The highest BCUT2D eigenvalue weighted by Gasteiger charge is 2.05. The van der Waals surface area contributed by atoms with E-state index >= 15 is 0 Å². The zero-order valence-corrected chi connectivity index (χ0v) is 11.4. The Kier molecular flexibility index (Phi) is 6.39. The number of rotatable bonds is 7. The Morgan fingerprint density at radius 1 is 1.12 bits per heavy atom. The summed E-state index contributed by atoms with van der Waals surface area (Å²) in [6.45, 7) is 7.82. The predicted octanol–water partition coefficient (Wildman–Crippen LogP) is 4.65. The summed E-state index contributed by atoms with van der Waals surface area (Å²) in [6.07, 6.45) is 2.51.